The molecule has 0 rings (SSSR count). The van der Waals surface area contributed by atoms with E-state index in [1.807, 2.05) is 0 Å². The molecule has 0 aromatic rings. The molecule has 0 saturated carbocycles. The van der Waals surface area contributed by atoms with Crippen LogP contribution in [0.3, 0.4) is 0 Å². The number of hydrogen-bond donors (Lipinski definition) is 3. The first-order valence-corrected chi connectivity index (χ1v) is 28.7. The van der Waals surface area contributed by atoms with Crippen molar-refractivity contribution in [3.05, 3.63) is 72.9 Å². The Balaban J connectivity index is 4.71. The van der Waals surface area contributed by atoms with E-state index in [0.29, 0.717) is 19.3 Å². The van der Waals surface area contributed by atoms with Gasteiger partial charge in [0.15, 0.2) is 0 Å². The van der Waals surface area contributed by atoms with E-state index in [-0.39, 0.29) is 24.9 Å². The van der Waals surface area contributed by atoms with Gasteiger partial charge in [-0.3, -0.25) is 9.59 Å². The minimum absolute atomic E-state index is 0.0276. The molecular formula is C61H109NO5. The van der Waals surface area contributed by atoms with Gasteiger partial charge in [0.1, 0.15) is 6.10 Å². The van der Waals surface area contributed by atoms with Crippen LogP contribution in [-0.4, -0.2) is 46.9 Å². The van der Waals surface area contributed by atoms with Gasteiger partial charge in [0, 0.05) is 6.42 Å². The van der Waals surface area contributed by atoms with Crippen molar-refractivity contribution in [2.45, 2.75) is 296 Å². The number of aliphatic hydroxyl groups is 2. The maximum atomic E-state index is 13.3. The van der Waals surface area contributed by atoms with E-state index in [2.05, 4.69) is 99.0 Å². The summed E-state index contributed by atoms with van der Waals surface area (Å²) in [5, 5.41) is 23.9. The molecule has 0 aromatic carbocycles. The number of rotatable bonds is 51. The van der Waals surface area contributed by atoms with Crippen molar-refractivity contribution in [2.75, 3.05) is 6.61 Å². The summed E-state index contributed by atoms with van der Waals surface area (Å²) in [5.41, 5.74) is 0. The van der Waals surface area contributed by atoms with Gasteiger partial charge in [-0.1, -0.05) is 248 Å². The molecule has 0 spiro atoms. The van der Waals surface area contributed by atoms with Crippen molar-refractivity contribution in [3.63, 3.8) is 0 Å². The van der Waals surface area contributed by atoms with Gasteiger partial charge < -0.3 is 20.3 Å². The number of unbranched alkanes of at least 4 members (excludes halogenated alkanes) is 28. The fourth-order valence-corrected chi connectivity index (χ4v) is 8.41. The summed E-state index contributed by atoms with van der Waals surface area (Å²) in [4.78, 5) is 26.2. The molecule has 3 atom stereocenters. The second kappa shape index (κ2) is 54.2. The van der Waals surface area contributed by atoms with Crippen molar-refractivity contribution >= 4 is 11.9 Å². The van der Waals surface area contributed by atoms with Crippen LogP contribution in [-0.2, 0) is 14.3 Å². The quantitative estimate of drug-likeness (QED) is 0.0244. The minimum atomic E-state index is -0.810. The molecule has 0 aliphatic heterocycles. The maximum absolute atomic E-state index is 13.3. The summed E-state index contributed by atoms with van der Waals surface area (Å²) in [6.07, 6.45) is 69.7. The summed E-state index contributed by atoms with van der Waals surface area (Å²) < 4.78 is 5.92. The maximum Gasteiger partial charge on any atom is 0.306 e. The van der Waals surface area contributed by atoms with Gasteiger partial charge >= 0.3 is 5.97 Å². The van der Waals surface area contributed by atoms with E-state index < -0.39 is 18.2 Å². The number of amides is 1. The van der Waals surface area contributed by atoms with Crippen LogP contribution in [0.5, 0.6) is 0 Å². The van der Waals surface area contributed by atoms with Crippen LogP contribution >= 0.6 is 0 Å². The molecule has 388 valence electrons. The second-order valence-electron chi connectivity index (χ2n) is 19.4. The summed E-state index contributed by atoms with van der Waals surface area (Å²) >= 11 is 0. The first kappa shape index (κ1) is 64.3. The Hall–Kier alpha value is -2.70. The smallest absolute Gasteiger partial charge is 0.306 e. The Morgan fingerprint density at radius 1 is 0.448 bits per heavy atom. The van der Waals surface area contributed by atoms with Gasteiger partial charge in [-0.2, -0.15) is 0 Å². The third-order valence-electron chi connectivity index (χ3n) is 12.8. The number of carbonyl (C=O) groups excluding carboxylic acids is 2. The Labute approximate surface area is 415 Å². The fraction of sp³-hybridized carbons (Fsp3) is 0.770. The van der Waals surface area contributed by atoms with Crippen molar-refractivity contribution in [1.29, 1.82) is 0 Å². The summed E-state index contributed by atoms with van der Waals surface area (Å²) in [5.74, 6) is -0.556. The van der Waals surface area contributed by atoms with Crippen LogP contribution in [0.15, 0.2) is 72.9 Å². The second-order valence-corrected chi connectivity index (χ2v) is 19.4. The molecular weight excluding hydrogens is 827 g/mol. The molecule has 0 saturated heterocycles. The summed E-state index contributed by atoms with van der Waals surface area (Å²) in [7, 11) is 0. The van der Waals surface area contributed by atoms with Crippen molar-refractivity contribution in [3.8, 4) is 0 Å². The predicted octanol–water partition coefficient (Wildman–Crippen LogP) is 17.7. The van der Waals surface area contributed by atoms with E-state index >= 15 is 0 Å². The average Bonchev–Trinajstić information content (AvgIpc) is 3.32. The number of allylic oxidation sites excluding steroid dienone is 12. The number of nitrogens with one attached hydrogen (secondary N) is 1. The average molecular weight is 937 g/mol. The molecule has 6 heteroatoms. The van der Waals surface area contributed by atoms with E-state index in [9.17, 15) is 19.8 Å². The molecule has 3 N–H and O–H groups in total. The predicted molar refractivity (Wildman–Crippen MR) is 291 cm³/mol. The fourth-order valence-electron chi connectivity index (χ4n) is 8.41. The zero-order chi connectivity index (χ0) is 48.8. The van der Waals surface area contributed by atoms with Crippen LogP contribution in [0, 0.1) is 0 Å². The van der Waals surface area contributed by atoms with Gasteiger partial charge in [0.05, 0.1) is 25.2 Å². The lowest BCUT2D eigenvalue weighted by molar-refractivity contribution is -0.151. The van der Waals surface area contributed by atoms with E-state index in [0.717, 1.165) is 83.5 Å². The Morgan fingerprint density at radius 3 is 1.30 bits per heavy atom. The molecule has 0 aromatic heterocycles. The first-order valence-electron chi connectivity index (χ1n) is 28.7. The lowest BCUT2D eigenvalue weighted by Gasteiger charge is -2.24. The Morgan fingerprint density at radius 2 is 0.821 bits per heavy atom. The summed E-state index contributed by atoms with van der Waals surface area (Å²) in [6, 6.07) is -0.728. The Bertz CT molecular complexity index is 1230. The highest BCUT2D eigenvalue weighted by atomic mass is 16.5. The molecule has 0 bridgehead atoms. The van der Waals surface area contributed by atoms with Gasteiger partial charge in [-0.25, -0.2) is 0 Å². The standard InChI is InChI=1S/C61H109NO5/c1-4-7-10-13-16-19-22-25-28-30-32-34-37-40-43-46-49-52-57(67-61(66)54-51-48-45-42-39-36-33-29-26-23-20-17-14-11-8-5-2)55-60(65)62-58(56-63)59(64)53-50-47-44-41-38-35-31-27-24-21-18-15-12-9-6-3/h16,19,25,28-29,32-34,36,39-40,43,57-59,63-64H,4-15,17-18,20-24,26-27,30-31,35,37-38,41-42,44-56H2,1-3H3,(H,62,65)/b19-16-,28-25-,33-29+,34-32-,39-36+,43-40-. The molecule has 0 fully saturated rings. The highest BCUT2D eigenvalue weighted by Gasteiger charge is 2.24. The monoisotopic (exact) mass is 936 g/mol. The van der Waals surface area contributed by atoms with Crippen LogP contribution < -0.4 is 5.32 Å². The molecule has 0 heterocycles. The van der Waals surface area contributed by atoms with Crippen LogP contribution in [0.2, 0.25) is 0 Å². The highest BCUT2D eigenvalue weighted by molar-refractivity contribution is 5.77. The Kier molecular flexibility index (Phi) is 52.1. The van der Waals surface area contributed by atoms with Crippen molar-refractivity contribution < 1.29 is 24.5 Å². The molecule has 3 unspecified atom stereocenters. The topological polar surface area (TPSA) is 95.9 Å². The third-order valence-corrected chi connectivity index (χ3v) is 12.8. The van der Waals surface area contributed by atoms with Crippen molar-refractivity contribution in [1.82, 2.24) is 5.32 Å². The van der Waals surface area contributed by atoms with Crippen LogP contribution in [0.25, 0.3) is 0 Å². The van der Waals surface area contributed by atoms with Gasteiger partial charge in [0.25, 0.3) is 0 Å². The summed E-state index contributed by atoms with van der Waals surface area (Å²) in [6.45, 7) is 6.45. The number of carbonyl (C=O) groups is 2. The van der Waals surface area contributed by atoms with E-state index in [1.54, 1.807) is 0 Å². The lowest BCUT2D eigenvalue weighted by Crippen LogP contribution is -2.46. The molecule has 0 aliphatic carbocycles. The SMILES string of the molecule is CCCCC/C=C\C/C=C\C/C=C\C/C=C\CCCC(CC(=O)NC(CO)C(O)CCCCCCCCCCCCCCCCC)OC(=O)CCCCC/C=C/C=C/CCCCCCCCC. The number of ether oxygens (including phenoxy) is 1. The van der Waals surface area contributed by atoms with Gasteiger partial charge in [-0.15, -0.1) is 0 Å². The zero-order valence-corrected chi connectivity index (χ0v) is 44.3. The van der Waals surface area contributed by atoms with E-state index in [1.165, 1.54) is 148 Å². The van der Waals surface area contributed by atoms with Gasteiger partial charge in [-0.05, 0) is 89.9 Å². The van der Waals surface area contributed by atoms with E-state index in [4.69, 9.17) is 4.74 Å². The van der Waals surface area contributed by atoms with Crippen LogP contribution in [0.4, 0.5) is 0 Å². The molecule has 0 radical (unpaired) electrons. The van der Waals surface area contributed by atoms with Gasteiger partial charge in [0.2, 0.25) is 5.91 Å². The number of aliphatic hydroxyl groups excluding tert-OH is 2. The number of hydrogen-bond acceptors (Lipinski definition) is 5. The molecule has 6 nitrogen and oxygen atoms in total. The number of esters is 1. The molecule has 1 amide bonds. The highest BCUT2D eigenvalue weighted by Crippen LogP contribution is 2.17. The first-order chi connectivity index (χ1) is 33.0. The lowest BCUT2D eigenvalue weighted by atomic mass is 10.0. The largest absolute Gasteiger partial charge is 0.462 e. The zero-order valence-electron chi connectivity index (χ0n) is 44.3. The molecule has 67 heavy (non-hydrogen) atoms. The molecule has 0 aliphatic rings. The van der Waals surface area contributed by atoms with Crippen LogP contribution in [0.1, 0.15) is 278 Å². The van der Waals surface area contributed by atoms with Crippen molar-refractivity contribution in [2.24, 2.45) is 0 Å². The minimum Gasteiger partial charge on any atom is -0.462 e. The third kappa shape index (κ3) is 49.5. The normalized spacial score (nSPS) is 13.7.